The number of carbonyl (C=O) groups excluding carboxylic acids is 2. The maximum absolute atomic E-state index is 12.2. The van der Waals surface area contributed by atoms with Crippen LogP contribution < -0.4 is 5.32 Å². The quantitative estimate of drug-likeness (QED) is 0.598. The number of hydrogen-bond donors (Lipinski definition) is 1. The maximum Gasteiger partial charge on any atom is 0.407 e. The van der Waals surface area contributed by atoms with Crippen molar-refractivity contribution < 1.29 is 19.1 Å². The van der Waals surface area contributed by atoms with E-state index in [1.54, 1.807) is 6.20 Å². The number of amides is 1. The molecule has 0 bridgehead atoms. The van der Waals surface area contributed by atoms with E-state index < -0.39 is 5.60 Å². The van der Waals surface area contributed by atoms with E-state index >= 15 is 0 Å². The zero-order chi connectivity index (χ0) is 23.6. The van der Waals surface area contributed by atoms with Crippen molar-refractivity contribution in [3.05, 3.63) is 47.3 Å². The number of nitrogens with one attached hydrogen (secondary N) is 1. The molecule has 178 valence electrons. The summed E-state index contributed by atoms with van der Waals surface area (Å²) in [5.74, 6) is 0.900. The Bertz CT molecular complexity index is 1000. The van der Waals surface area contributed by atoms with Gasteiger partial charge in [-0.2, -0.15) is 5.10 Å². The predicted octanol–water partition coefficient (Wildman–Crippen LogP) is 5.33. The van der Waals surface area contributed by atoms with Crippen LogP contribution in [-0.2, 0) is 9.47 Å². The predicted molar refractivity (Wildman–Crippen MR) is 126 cm³/mol. The highest BCUT2D eigenvalue weighted by Gasteiger charge is 2.33. The zero-order valence-electron chi connectivity index (χ0n) is 20.1. The van der Waals surface area contributed by atoms with E-state index in [2.05, 4.69) is 28.6 Å². The van der Waals surface area contributed by atoms with Gasteiger partial charge < -0.3 is 14.8 Å². The van der Waals surface area contributed by atoms with E-state index in [1.165, 1.54) is 12.7 Å². The van der Waals surface area contributed by atoms with Gasteiger partial charge in [-0.25, -0.2) is 14.3 Å². The first-order valence-electron chi connectivity index (χ1n) is 12.0. The standard InChI is InChI=1S/C26H35N3O4/c1-26(2,3)33-25(31)27-15-17-7-5-8-19(13-17)20-9-6-10-21(14-20)29-23(18-11-12-18)22(16-28-29)24(30)32-4/h6,9-10,14,16-19H,5,7-8,11-13,15H2,1-4H3,(H,27,31)/t17-,19+/m1/s1. The molecule has 2 aliphatic rings. The van der Waals surface area contributed by atoms with Gasteiger partial charge in [0.1, 0.15) is 11.2 Å². The molecule has 1 heterocycles. The molecule has 1 amide bonds. The number of ether oxygens (including phenoxy) is 2. The average Bonchev–Trinajstić information content (AvgIpc) is 3.54. The second-order valence-electron chi connectivity index (χ2n) is 10.3. The summed E-state index contributed by atoms with van der Waals surface area (Å²) in [6, 6.07) is 8.50. The highest BCUT2D eigenvalue weighted by molar-refractivity contribution is 5.90. The molecule has 1 aromatic heterocycles. The molecular weight excluding hydrogens is 418 g/mol. The van der Waals surface area contributed by atoms with Gasteiger partial charge in [0.15, 0.2) is 0 Å². The number of aromatic nitrogens is 2. The van der Waals surface area contributed by atoms with Gasteiger partial charge in [-0.05, 0) is 82.4 Å². The molecule has 1 N–H and O–H groups in total. The van der Waals surface area contributed by atoms with Crippen LogP contribution in [0.15, 0.2) is 30.5 Å². The summed E-state index contributed by atoms with van der Waals surface area (Å²) in [5.41, 5.74) is 3.31. The van der Waals surface area contributed by atoms with Crippen molar-refractivity contribution in [2.45, 2.75) is 76.7 Å². The third kappa shape index (κ3) is 5.75. The van der Waals surface area contributed by atoms with Crippen LogP contribution in [0.4, 0.5) is 4.79 Å². The summed E-state index contributed by atoms with van der Waals surface area (Å²) in [6.45, 7) is 6.26. The Morgan fingerprint density at radius 2 is 1.94 bits per heavy atom. The summed E-state index contributed by atoms with van der Waals surface area (Å²) in [6.07, 6.45) is 7.84. The van der Waals surface area contributed by atoms with Crippen LogP contribution in [0.5, 0.6) is 0 Å². The fourth-order valence-corrected chi connectivity index (χ4v) is 4.81. The number of nitrogens with zero attached hydrogens (tertiary/aromatic N) is 2. The van der Waals surface area contributed by atoms with Crippen LogP contribution in [0.2, 0.25) is 0 Å². The fourth-order valence-electron chi connectivity index (χ4n) is 4.81. The van der Waals surface area contributed by atoms with E-state index in [1.807, 2.05) is 31.5 Å². The molecule has 33 heavy (non-hydrogen) atoms. The summed E-state index contributed by atoms with van der Waals surface area (Å²) >= 11 is 0. The highest BCUT2D eigenvalue weighted by atomic mass is 16.6. The minimum atomic E-state index is -0.487. The Labute approximate surface area is 195 Å². The smallest absolute Gasteiger partial charge is 0.407 e. The van der Waals surface area contributed by atoms with Crippen LogP contribution in [0, 0.1) is 5.92 Å². The van der Waals surface area contributed by atoms with Gasteiger partial charge in [0.05, 0.1) is 24.7 Å². The summed E-state index contributed by atoms with van der Waals surface area (Å²) in [4.78, 5) is 24.3. The first kappa shape index (κ1) is 23.3. The number of benzene rings is 1. The fraction of sp³-hybridized carbons (Fsp3) is 0.577. The number of hydrogen-bond acceptors (Lipinski definition) is 5. The second-order valence-corrected chi connectivity index (χ2v) is 10.3. The van der Waals surface area contributed by atoms with Crippen LogP contribution in [0.1, 0.15) is 92.7 Å². The van der Waals surface area contributed by atoms with E-state index in [9.17, 15) is 9.59 Å². The van der Waals surface area contributed by atoms with Gasteiger partial charge in [0, 0.05) is 12.5 Å². The number of esters is 1. The summed E-state index contributed by atoms with van der Waals surface area (Å²) < 4.78 is 12.3. The molecule has 7 heteroatoms. The molecule has 2 atom stereocenters. The van der Waals surface area contributed by atoms with Crippen molar-refractivity contribution in [3.63, 3.8) is 0 Å². The maximum atomic E-state index is 12.2. The Morgan fingerprint density at radius 3 is 2.64 bits per heavy atom. The molecular formula is C26H35N3O4. The monoisotopic (exact) mass is 453 g/mol. The van der Waals surface area contributed by atoms with Crippen molar-refractivity contribution in [1.82, 2.24) is 15.1 Å². The van der Waals surface area contributed by atoms with Crippen molar-refractivity contribution in [1.29, 1.82) is 0 Å². The van der Waals surface area contributed by atoms with Crippen molar-refractivity contribution >= 4 is 12.1 Å². The Balaban J connectivity index is 1.47. The minimum Gasteiger partial charge on any atom is -0.465 e. The molecule has 0 spiro atoms. The van der Waals surface area contributed by atoms with Gasteiger partial charge in [0.2, 0.25) is 0 Å². The normalized spacial score (nSPS) is 20.8. The van der Waals surface area contributed by atoms with Gasteiger partial charge in [-0.15, -0.1) is 0 Å². The lowest BCUT2D eigenvalue weighted by molar-refractivity contribution is 0.0513. The number of carbonyl (C=O) groups is 2. The largest absolute Gasteiger partial charge is 0.465 e. The second kappa shape index (κ2) is 9.57. The van der Waals surface area contributed by atoms with Crippen molar-refractivity contribution in [3.8, 4) is 5.69 Å². The molecule has 0 aliphatic heterocycles. The molecule has 0 radical (unpaired) electrons. The molecule has 2 fully saturated rings. The lowest BCUT2D eigenvalue weighted by Gasteiger charge is -2.30. The molecule has 2 aliphatic carbocycles. The zero-order valence-corrected chi connectivity index (χ0v) is 20.1. The first-order chi connectivity index (χ1) is 15.7. The number of rotatable bonds is 6. The molecule has 2 saturated carbocycles. The molecule has 0 unspecified atom stereocenters. The number of alkyl carbamates (subject to hydrolysis) is 1. The van der Waals surface area contributed by atoms with E-state index in [0.29, 0.717) is 29.9 Å². The Kier molecular flexibility index (Phi) is 6.77. The summed E-state index contributed by atoms with van der Waals surface area (Å²) in [5, 5.41) is 7.50. The molecule has 4 rings (SSSR count). The first-order valence-corrected chi connectivity index (χ1v) is 12.0. The third-order valence-electron chi connectivity index (χ3n) is 6.48. The summed E-state index contributed by atoms with van der Waals surface area (Å²) in [7, 11) is 1.41. The van der Waals surface area contributed by atoms with E-state index in [0.717, 1.165) is 49.9 Å². The van der Waals surface area contributed by atoms with Crippen LogP contribution in [0.25, 0.3) is 5.69 Å². The van der Waals surface area contributed by atoms with Gasteiger partial charge in [-0.1, -0.05) is 18.6 Å². The van der Waals surface area contributed by atoms with Gasteiger partial charge in [-0.3, -0.25) is 0 Å². The van der Waals surface area contributed by atoms with Gasteiger partial charge in [0.25, 0.3) is 0 Å². The van der Waals surface area contributed by atoms with Crippen LogP contribution in [0.3, 0.4) is 0 Å². The van der Waals surface area contributed by atoms with Gasteiger partial charge >= 0.3 is 12.1 Å². The third-order valence-corrected chi connectivity index (χ3v) is 6.48. The SMILES string of the molecule is COC(=O)c1cnn(-c2cccc([C@H]3CCC[C@@H](CNC(=O)OC(C)(C)C)C3)c2)c1C1CC1. The Morgan fingerprint density at radius 1 is 1.15 bits per heavy atom. The Hall–Kier alpha value is -2.83. The molecule has 7 nitrogen and oxygen atoms in total. The molecule has 1 aromatic carbocycles. The van der Waals surface area contributed by atoms with Crippen molar-refractivity contribution in [2.75, 3.05) is 13.7 Å². The average molecular weight is 454 g/mol. The lowest BCUT2D eigenvalue weighted by Crippen LogP contribution is -2.36. The van der Waals surface area contributed by atoms with Crippen molar-refractivity contribution in [2.24, 2.45) is 5.92 Å². The molecule has 2 aromatic rings. The van der Waals surface area contributed by atoms with E-state index in [-0.39, 0.29) is 12.1 Å². The van der Waals surface area contributed by atoms with E-state index in [4.69, 9.17) is 9.47 Å². The van der Waals surface area contributed by atoms with Crippen LogP contribution >= 0.6 is 0 Å². The van der Waals surface area contributed by atoms with Crippen LogP contribution in [-0.4, -0.2) is 41.1 Å². The molecule has 0 saturated heterocycles. The topological polar surface area (TPSA) is 82.5 Å². The number of methoxy groups -OCH3 is 1. The minimum absolute atomic E-state index is 0.327. The highest BCUT2D eigenvalue weighted by Crippen LogP contribution is 2.43. The lowest BCUT2D eigenvalue weighted by atomic mass is 9.78.